The zero-order valence-electron chi connectivity index (χ0n) is 39.7. The summed E-state index contributed by atoms with van der Waals surface area (Å²) in [7, 11) is -4.28. The summed E-state index contributed by atoms with van der Waals surface area (Å²) < 4.78 is 33.6. The standard InChI is InChI=1S/C51H100NO7P/c1-3-5-7-9-11-13-15-17-19-21-23-25-26-28-30-32-34-36-38-40-42-44-51(53)59-50(49-58-60(54,55)57-47-45-52)48-56-46-43-41-39-37-35-33-31-29-27-24-22-20-18-16-14-12-10-8-6-4-2/h15,17,21,23,50H,3-14,16,18-20,22,24-49,52H2,1-2H3,(H,54,55)/b17-15-,23-21-. The molecule has 9 heteroatoms. The van der Waals surface area contributed by atoms with Crippen molar-refractivity contribution in [3.8, 4) is 0 Å². The van der Waals surface area contributed by atoms with Crippen molar-refractivity contribution in [2.75, 3.05) is 33.0 Å². The molecular weight excluding hydrogens is 770 g/mol. The predicted octanol–water partition coefficient (Wildman–Crippen LogP) is 16.0. The Morgan fingerprint density at radius 2 is 0.883 bits per heavy atom. The average Bonchev–Trinajstić information content (AvgIpc) is 3.24. The van der Waals surface area contributed by atoms with Crippen LogP contribution in [0.1, 0.15) is 258 Å². The first kappa shape index (κ1) is 59.0. The van der Waals surface area contributed by atoms with E-state index in [-0.39, 0.29) is 32.3 Å². The number of rotatable bonds is 50. The van der Waals surface area contributed by atoms with Gasteiger partial charge in [0.25, 0.3) is 0 Å². The van der Waals surface area contributed by atoms with Crippen LogP contribution in [0.15, 0.2) is 24.3 Å². The summed E-state index contributed by atoms with van der Waals surface area (Å²) in [5, 5.41) is 0. The highest BCUT2D eigenvalue weighted by Gasteiger charge is 2.25. The van der Waals surface area contributed by atoms with Crippen molar-refractivity contribution in [2.45, 2.75) is 264 Å². The Morgan fingerprint density at radius 3 is 1.30 bits per heavy atom. The first-order chi connectivity index (χ1) is 29.4. The molecular formula is C51H100NO7P. The van der Waals surface area contributed by atoms with Gasteiger partial charge in [0.2, 0.25) is 0 Å². The molecule has 0 aliphatic carbocycles. The molecule has 2 atom stereocenters. The molecule has 0 rings (SSSR count). The van der Waals surface area contributed by atoms with Gasteiger partial charge in [-0.15, -0.1) is 0 Å². The number of carbonyl (C=O) groups is 1. The van der Waals surface area contributed by atoms with E-state index in [0.29, 0.717) is 13.0 Å². The molecule has 0 aromatic rings. The largest absolute Gasteiger partial charge is 0.472 e. The molecule has 0 aliphatic heterocycles. The summed E-state index contributed by atoms with van der Waals surface area (Å²) in [4.78, 5) is 22.6. The van der Waals surface area contributed by atoms with Crippen LogP contribution in [0, 0.1) is 0 Å². The van der Waals surface area contributed by atoms with Gasteiger partial charge in [-0.3, -0.25) is 13.8 Å². The van der Waals surface area contributed by atoms with E-state index in [1.807, 2.05) is 0 Å². The molecule has 0 saturated carbocycles. The molecule has 0 fully saturated rings. The summed E-state index contributed by atoms with van der Waals surface area (Å²) >= 11 is 0. The van der Waals surface area contributed by atoms with Gasteiger partial charge < -0.3 is 20.1 Å². The lowest BCUT2D eigenvalue weighted by atomic mass is 10.0. The topological polar surface area (TPSA) is 117 Å². The second kappa shape index (κ2) is 49.0. The van der Waals surface area contributed by atoms with Gasteiger partial charge in [0.1, 0.15) is 6.10 Å². The third kappa shape index (κ3) is 48.0. The van der Waals surface area contributed by atoms with Crippen molar-refractivity contribution in [3.63, 3.8) is 0 Å². The molecule has 2 unspecified atom stereocenters. The molecule has 0 aliphatic rings. The molecule has 3 N–H and O–H groups in total. The molecule has 0 spiro atoms. The van der Waals surface area contributed by atoms with Crippen LogP contribution in [-0.4, -0.2) is 49.9 Å². The Labute approximate surface area is 372 Å². The zero-order valence-corrected chi connectivity index (χ0v) is 40.6. The number of carbonyl (C=O) groups excluding carboxylic acids is 1. The monoisotopic (exact) mass is 870 g/mol. The molecule has 0 amide bonds. The van der Waals surface area contributed by atoms with Crippen molar-refractivity contribution in [1.82, 2.24) is 0 Å². The van der Waals surface area contributed by atoms with Crippen LogP contribution in [0.25, 0.3) is 0 Å². The van der Waals surface area contributed by atoms with Gasteiger partial charge >= 0.3 is 13.8 Å². The smallest absolute Gasteiger partial charge is 0.457 e. The number of phosphoric acid groups is 1. The number of hydrogen-bond acceptors (Lipinski definition) is 7. The molecule has 0 heterocycles. The zero-order chi connectivity index (χ0) is 43.7. The normalized spacial score (nSPS) is 13.5. The van der Waals surface area contributed by atoms with Crippen LogP contribution in [0.2, 0.25) is 0 Å². The number of nitrogens with two attached hydrogens (primary N) is 1. The number of unbranched alkanes of at least 4 members (excludes halogenated alkanes) is 33. The number of esters is 1. The SMILES string of the molecule is CCCCCCC/C=C\C/C=C\CCCCCCCCCCCC(=O)OC(COCCCCCCCCCCCCCCCCCCCCCC)COP(=O)(O)OCCN. The number of allylic oxidation sites excluding steroid dienone is 4. The number of ether oxygens (including phenoxy) is 2. The fourth-order valence-corrected chi connectivity index (χ4v) is 8.32. The van der Waals surface area contributed by atoms with E-state index in [2.05, 4.69) is 38.2 Å². The maximum Gasteiger partial charge on any atom is 0.472 e. The highest BCUT2D eigenvalue weighted by atomic mass is 31.2. The Hall–Kier alpha value is -1.02. The fourth-order valence-electron chi connectivity index (χ4n) is 7.56. The molecule has 0 radical (unpaired) electrons. The summed E-state index contributed by atoms with van der Waals surface area (Å²) in [6.45, 7) is 4.97. The second-order valence-electron chi connectivity index (χ2n) is 17.4. The maximum atomic E-state index is 12.7. The molecule has 0 bridgehead atoms. The summed E-state index contributed by atoms with van der Waals surface area (Å²) in [5.41, 5.74) is 5.39. The van der Waals surface area contributed by atoms with Crippen molar-refractivity contribution >= 4 is 13.8 Å². The van der Waals surface area contributed by atoms with Gasteiger partial charge in [-0.25, -0.2) is 4.57 Å². The van der Waals surface area contributed by atoms with Crippen LogP contribution in [0.3, 0.4) is 0 Å². The predicted molar refractivity (Wildman–Crippen MR) is 257 cm³/mol. The third-order valence-electron chi connectivity index (χ3n) is 11.4. The van der Waals surface area contributed by atoms with Crippen molar-refractivity contribution in [1.29, 1.82) is 0 Å². The summed E-state index contributed by atoms with van der Waals surface area (Å²) in [5.74, 6) is -0.329. The lowest BCUT2D eigenvalue weighted by molar-refractivity contribution is -0.154. The van der Waals surface area contributed by atoms with Crippen molar-refractivity contribution < 1.29 is 32.8 Å². The molecule has 8 nitrogen and oxygen atoms in total. The number of hydrogen-bond donors (Lipinski definition) is 2. The maximum absolute atomic E-state index is 12.7. The van der Waals surface area contributed by atoms with Crippen LogP contribution in [0.4, 0.5) is 0 Å². The first-order valence-corrected chi connectivity index (χ1v) is 27.3. The Bertz CT molecular complexity index is 977. The van der Waals surface area contributed by atoms with Crippen molar-refractivity contribution in [2.24, 2.45) is 5.73 Å². The highest BCUT2D eigenvalue weighted by molar-refractivity contribution is 7.47. The van der Waals surface area contributed by atoms with E-state index >= 15 is 0 Å². The van der Waals surface area contributed by atoms with Gasteiger partial charge in [-0.05, 0) is 44.9 Å². The fraction of sp³-hybridized carbons (Fsp3) is 0.902. The van der Waals surface area contributed by atoms with Crippen LogP contribution >= 0.6 is 7.82 Å². The van der Waals surface area contributed by atoms with E-state index in [0.717, 1.165) is 38.5 Å². The van der Waals surface area contributed by atoms with E-state index in [9.17, 15) is 14.3 Å². The van der Waals surface area contributed by atoms with Gasteiger partial charge in [0.15, 0.2) is 0 Å². The third-order valence-corrected chi connectivity index (χ3v) is 12.4. The lowest BCUT2D eigenvalue weighted by Crippen LogP contribution is -2.28. The van der Waals surface area contributed by atoms with E-state index in [1.54, 1.807) is 0 Å². The van der Waals surface area contributed by atoms with E-state index in [4.69, 9.17) is 24.3 Å². The minimum Gasteiger partial charge on any atom is -0.457 e. The molecule has 60 heavy (non-hydrogen) atoms. The molecule has 356 valence electrons. The summed E-state index contributed by atoms with van der Waals surface area (Å²) in [6, 6.07) is 0. The van der Waals surface area contributed by atoms with E-state index < -0.39 is 13.9 Å². The highest BCUT2D eigenvalue weighted by Crippen LogP contribution is 2.43. The Kier molecular flexibility index (Phi) is 48.2. The summed E-state index contributed by atoms with van der Waals surface area (Å²) in [6.07, 6.45) is 56.4. The molecule has 0 aromatic carbocycles. The molecule has 0 aromatic heterocycles. The first-order valence-electron chi connectivity index (χ1n) is 25.8. The van der Waals surface area contributed by atoms with Gasteiger partial charge in [0, 0.05) is 19.6 Å². The van der Waals surface area contributed by atoms with Crippen LogP contribution in [-0.2, 0) is 27.9 Å². The Balaban J connectivity index is 3.92. The lowest BCUT2D eigenvalue weighted by Gasteiger charge is -2.20. The number of phosphoric ester groups is 1. The minimum atomic E-state index is -4.28. The van der Waals surface area contributed by atoms with Crippen LogP contribution in [0.5, 0.6) is 0 Å². The van der Waals surface area contributed by atoms with Gasteiger partial charge in [-0.1, -0.05) is 231 Å². The van der Waals surface area contributed by atoms with Crippen LogP contribution < -0.4 is 5.73 Å². The second-order valence-corrected chi connectivity index (χ2v) is 18.8. The Morgan fingerprint density at radius 1 is 0.500 bits per heavy atom. The van der Waals surface area contributed by atoms with E-state index in [1.165, 1.54) is 199 Å². The van der Waals surface area contributed by atoms with Crippen molar-refractivity contribution in [3.05, 3.63) is 24.3 Å². The quantitative estimate of drug-likeness (QED) is 0.0269. The van der Waals surface area contributed by atoms with Gasteiger partial charge in [0.05, 0.1) is 19.8 Å². The minimum absolute atomic E-state index is 0.0938. The molecule has 0 saturated heterocycles. The van der Waals surface area contributed by atoms with Gasteiger partial charge in [-0.2, -0.15) is 0 Å². The average molecular weight is 870 g/mol.